The van der Waals surface area contributed by atoms with E-state index in [0.29, 0.717) is 0 Å². The molecule has 0 spiro atoms. The maximum Gasteiger partial charge on any atom is -0.00919 e. The maximum atomic E-state index is 2.25. The molecule has 0 unspecified atom stereocenters. The third-order valence-electron chi connectivity index (χ3n) is 3.07. The van der Waals surface area contributed by atoms with Crippen LogP contribution in [0.25, 0.3) is 0 Å². The van der Waals surface area contributed by atoms with Gasteiger partial charge in [-0.1, -0.05) is 54.7 Å². The zero-order valence-corrected chi connectivity index (χ0v) is 11.8. The molecule has 1 rings (SSSR count). The van der Waals surface area contributed by atoms with Crippen molar-refractivity contribution in [2.24, 2.45) is 0 Å². The molecule has 0 bridgehead atoms. The van der Waals surface area contributed by atoms with Crippen molar-refractivity contribution in [2.75, 3.05) is 0 Å². The molecular formula is C18H24. The van der Waals surface area contributed by atoms with E-state index < -0.39 is 0 Å². The van der Waals surface area contributed by atoms with Crippen LogP contribution >= 0.6 is 0 Å². The van der Waals surface area contributed by atoms with Gasteiger partial charge in [-0.3, -0.25) is 0 Å². The molecule has 0 N–H and O–H groups in total. The molecule has 0 saturated heterocycles. The van der Waals surface area contributed by atoms with Crippen LogP contribution in [0.5, 0.6) is 0 Å². The van der Waals surface area contributed by atoms with Gasteiger partial charge in [0.1, 0.15) is 0 Å². The molecule has 0 aromatic heterocycles. The van der Waals surface area contributed by atoms with E-state index in [2.05, 4.69) is 75.4 Å². The van der Waals surface area contributed by atoms with Gasteiger partial charge in [-0.05, 0) is 56.7 Å². The summed E-state index contributed by atoms with van der Waals surface area (Å²) in [5.74, 6) is 0. The van der Waals surface area contributed by atoms with E-state index >= 15 is 0 Å². The van der Waals surface area contributed by atoms with Crippen molar-refractivity contribution in [1.29, 1.82) is 0 Å². The molecule has 1 aromatic rings. The van der Waals surface area contributed by atoms with Crippen LogP contribution in [-0.2, 0) is 19.3 Å². The Morgan fingerprint density at radius 1 is 0.722 bits per heavy atom. The highest BCUT2D eigenvalue weighted by Gasteiger charge is 2.04. The lowest BCUT2D eigenvalue weighted by Crippen LogP contribution is -1.98. The van der Waals surface area contributed by atoms with E-state index in [1.165, 1.54) is 16.7 Å². The smallest absolute Gasteiger partial charge is 0.00919 e. The predicted molar refractivity (Wildman–Crippen MR) is 82.0 cm³/mol. The predicted octanol–water partition coefficient (Wildman–Crippen LogP) is 5.04. The van der Waals surface area contributed by atoms with Gasteiger partial charge in [0.05, 0.1) is 0 Å². The van der Waals surface area contributed by atoms with Crippen LogP contribution < -0.4 is 0 Å². The van der Waals surface area contributed by atoms with E-state index in [1.807, 2.05) is 0 Å². The van der Waals surface area contributed by atoms with Gasteiger partial charge < -0.3 is 0 Å². The highest BCUT2D eigenvalue weighted by atomic mass is 14.1. The summed E-state index contributed by atoms with van der Waals surface area (Å²) in [5.41, 5.74) is 4.40. The number of rotatable bonds is 6. The van der Waals surface area contributed by atoms with Crippen LogP contribution in [-0.4, -0.2) is 0 Å². The Kier molecular flexibility index (Phi) is 6.86. The van der Waals surface area contributed by atoms with Gasteiger partial charge in [0.15, 0.2) is 0 Å². The van der Waals surface area contributed by atoms with Crippen molar-refractivity contribution >= 4 is 0 Å². The molecule has 0 fully saturated rings. The fourth-order valence-electron chi connectivity index (χ4n) is 2.06. The van der Waals surface area contributed by atoms with Gasteiger partial charge in [0.25, 0.3) is 0 Å². The van der Waals surface area contributed by atoms with Crippen molar-refractivity contribution in [3.05, 3.63) is 71.3 Å². The van der Waals surface area contributed by atoms with Gasteiger partial charge in [0, 0.05) is 0 Å². The van der Waals surface area contributed by atoms with Crippen molar-refractivity contribution < 1.29 is 0 Å². The minimum absolute atomic E-state index is 1.03. The molecule has 0 aliphatic rings. The molecule has 0 saturated carbocycles. The first-order valence-corrected chi connectivity index (χ1v) is 6.76. The molecule has 0 amide bonds. The van der Waals surface area contributed by atoms with Gasteiger partial charge >= 0.3 is 0 Å². The summed E-state index contributed by atoms with van der Waals surface area (Å²) in [5, 5.41) is 0. The second kappa shape index (κ2) is 8.52. The third kappa shape index (κ3) is 4.37. The molecule has 0 radical (unpaired) electrons. The van der Waals surface area contributed by atoms with Crippen LogP contribution in [0.2, 0.25) is 0 Å². The van der Waals surface area contributed by atoms with E-state index in [-0.39, 0.29) is 0 Å². The first-order chi connectivity index (χ1) is 8.83. The molecule has 0 heterocycles. The lowest BCUT2D eigenvalue weighted by molar-refractivity contribution is 1.08. The number of allylic oxidation sites excluding steroid dienone is 6. The van der Waals surface area contributed by atoms with Gasteiger partial charge in [0.2, 0.25) is 0 Å². The third-order valence-corrected chi connectivity index (χ3v) is 3.07. The average Bonchev–Trinajstić information content (AvgIpc) is 2.41. The van der Waals surface area contributed by atoms with Crippen molar-refractivity contribution in [3.8, 4) is 0 Å². The minimum Gasteiger partial charge on any atom is -0.0913 e. The Morgan fingerprint density at radius 2 is 1.17 bits per heavy atom. The standard InChI is InChI=1S/C18H24/c1-4-7-11-16-13-10-14-17(12-8-5-2)18(16)15-9-6-3/h4-10,13-14H,11-12,15H2,1-3H3. The summed E-state index contributed by atoms with van der Waals surface area (Å²) < 4.78 is 0. The first kappa shape index (κ1) is 14.5. The number of benzene rings is 1. The Labute approximate surface area is 112 Å². The lowest BCUT2D eigenvalue weighted by atomic mass is 9.94. The van der Waals surface area contributed by atoms with Crippen LogP contribution in [0.1, 0.15) is 37.5 Å². The van der Waals surface area contributed by atoms with E-state index in [1.54, 1.807) is 0 Å². The van der Waals surface area contributed by atoms with Gasteiger partial charge in [-0.25, -0.2) is 0 Å². The zero-order valence-electron chi connectivity index (χ0n) is 11.8. The summed E-state index contributed by atoms with van der Waals surface area (Å²) in [6, 6.07) is 6.67. The Bertz CT molecular complexity index is 401. The topological polar surface area (TPSA) is 0 Å². The molecule has 0 aliphatic heterocycles. The first-order valence-electron chi connectivity index (χ1n) is 6.76. The normalized spacial score (nSPS) is 12.2. The Hall–Kier alpha value is -1.56. The summed E-state index contributed by atoms with van der Waals surface area (Å²) in [4.78, 5) is 0. The molecule has 0 aliphatic carbocycles. The zero-order chi connectivity index (χ0) is 13.2. The van der Waals surface area contributed by atoms with Crippen molar-refractivity contribution in [3.63, 3.8) is 0 Å². The molecule has 96 valence electrons. The minimum atomic E-state index is 1.03. The molecule has 0 nitrogen and oxygen atoms in total. The maximum absolute atomic E-state index is 2.25. The second-order valence-electron chi connectivity index (χ2n) is 4.37. The highest BCUT2D eigenvalue weighted by Crippen LogP contribution is 2.18. The summed E-state index contributed by atoms with van der Waals surface area (Å²) >= 11 is 0. The van der Waals surface area contributed by atoms with Crippen molar-refractivity contribution in [1.82, 2.24) is 0 Å². The average molecular weight is 240 g/mol. The van der Waals surface area contributed by atoms with Crippen LogP contribution in [0, 0.1) is 0 Å². The SMILES string of the molecule is CC=CCc1cccc(CC=CC)c1CC=CC. The summed E-state index contributed by atoms with van der Waals surface area (Å²) in [6.07, 6.45) is 16.2. The molecule has 0 heteroatoms. The van der Waals surface area contributed by atoms with Crippen molar-refractivity contribution in [2.45, 2.75) is 40.0 Å². The highest BCUT2D eigenvalue weighted by molar-refractivity contribution is 5.39. The Balaban J connectivity index is 3.06. The Morgan fingerprint density at radius 3 is 1.61 bits per heavy atom. The summed E-state index contributed by atoms with van der Waals surface area (Å²) in [7, 11) is 0. The summed E-state index contributed by atoms with van der Waals surface area (Å²) in [6.45, 7) is 6.24. The van der Waals surface area contributed by atoms with Crippen LogP contribution in [0.15, 0.2) is 54.7 Å². The van der Waals surface area contributed by atoms with Gasteiger partial charge in [-0.15, -0.1) is 0 Å². The fraction of sp³-hybridized carbons (Fsp3) is 0.333. The van der Waals surface area contributed by atoms with E-state index in [4.69, 9.17) is 0 Å². The van der Waals surface area contributed by atoms with Gasteiger partial charge in [-0.2, -0.15) is 0 Å². The lowest BCUT2D eigenvalue weighted by Gasteiger charge is -2.11. The fourth-order valence-corrected chi connectivity index (χ4v) is 2.06. The molecule has 18 heavy (non-hydrogen) atoms. The quantitative estimate of drug-likeness (QED) is 0.611. The second-order valence-corrected chi connectivity index (χ2v) is 4.37. The molecular weight excluding hydrogens is 216 g/mol. The monoisotopic (exact) mass is 240 g/mol. The van der Waals surface area contributed by atoms with E-state index in [0.717, 1.165) is 19.3 Å². The van der Waals surface area contributed by atoms with Crippen LogP contribution in [0.3, 0.4) is 0 Å². The molecule has 0 atom stereocenters. The largest absolute Gasteiger partial charge is 0.0913 e. The number of hydrogen-bond acceptors (Lipinski definition) is 0. The molecule has 1 aromatic carbocycles. The van der Waals surface area contributed by atoms with Crippen LogP contribution in [0.4, 0.5) is 0 Å². The number of hydrogen-bond donors (Lipinski definition) is 0. The van der Waals surface area contributed by atoms with E-state index in [9.17, 15) is 0 Å².